The molecule has 3 N–H and O–H groups in total. The van der Waals surface area contributed by atoms with E-state index in [9.17, 15) is 0 Å². The molecule has 0 spiro atoms. The summed E-state index contributed by atoms with van der Waals surface area (Å²) in [7, 11) is 0. The number of H-pyrrole nitrogens is 1. The van der Waals surface area contributed by atoms with E-state index >= 15 is 0 Å². The van der Waals surface area contributed by atoms with Gasteiger partial charge in [-0.3, -0.25) is 4.99 Å². The van der Waals surface area contributed by atoms with E-state index in [1.807, 2.05) is 0 Å². The Labute approximate surface area is 151 Å². The number of nitrogens with zero attached hydrogens (tertiary/aromatic N) is 1. The highest BCUT2D eigenvalue weighted by atomic mass is 16.5. The first kappa shape index (κ1) is 19.3. The summed E-state index contributed by atoms with van der Waals surface area (Å²) < 4.78 is 5.59. The zero-order valence-electron chi connectivity index (χ0n) is 15.8. The minimum Gasteiger partial charge on any atom is -0.381 e. The Morgan fingerprint density at radius 1 is 1.24 bits per heavy atom. The van der Waals surface area contributed by atoms with Crippen LogP contribution < -0.4 is 10.6 Å². The van der Waals surface area contributed by atoms with Crippen LogP contribution in [0.4, 0.5) is 0 Å². The van der Waals surface area contributed by atoms with Gasteiger partial charge in [0, 0.05) is 49.9 Å². The summed E-state index contributed by atoms with van der Waals surface area (Å²) in [5.41, 5.74) is 2.53. The van der Waals surface area contributed by atoms with E-state index in [0.717, 1.165) is 51.6 Å². The van der Waals surface area contributed by atoms with Crippen molar-refractivity contribution >= 4 is 16.9 Å². The van der Waals surface area contributed by atoms with Gasteiger partial charge in [-0.1, -0.05) is 32.0 Å². The molecule has 0 bridgehead atoms. The Morgan fingerprint density at radius 3 is 2.88 bits per heavy atom. The van der Waals surface area contributed by atoms with Gasteiger partial charge in [0.05, 0.1) is 0 Å². The number of ether oxygens (including phenoxy) is 1. The summed E-state index contributed by atoms with van der Waals surface area (Å²) in [5, 5.41) is 8.02. The lowest BCUT2D eigenvalue weighted by molar-refractivity contribution is 0.109. The maximum Gasteiger partial charge on any atom is 0.191 e. The molecule has 0 radical (unpaired) electrons. The zero-order valence-corrected chi connectivity index (χ0v) is 15.8. The average molecular weight is 345 g/mol. The second kappa shape index (κ2) is 10.8. The second-order valence-electron chi connectivity index (χ2n) is 6.62. The molecule has 138 valence electrons. The minimum absolute atomic E-state index is 0.590. The van der Waals surface area contributed by atoms with E-state index in [-0.39, 0.29) is 0 Å². The highest BCUT2D eigenvalue weighted by Crippen LogP contribution is 2.17. The molecular formula is C20H32N4O. The molecule has 0 saturated heterocycles. The van der Waals surface area contributed by atoms with E-state index < -0.39 is 0 Å². The van der Waals surface area contributed by atoms with Crippen LogP contribution in [-0.2, 0) is 11.2 Å². The molecule has 2 rings (SSSR count). The predicted octanol–water partition coefficient (Wildman–Crippen LogP) is 3.33. The van der Waals surface area contributed by atoms with Gasteiger partial charge in [0.25, 0.3) is 0 Å². The van der Waals surface area contributed by atoms with Crippen LogP contribution in [0.3, 0.4) is 0 Å². The quantitative estimate of drug-likeness (QED) is 0.352. The lowest BCUT2D eigenvalue weighted by Gasteiger charge is -2.11. The minimum atomic E-state index is 0.590. The number of aliphatic imine (C=N–C) groups is 1. The number of hydrogen-bond donors (Lipinski definition) is 3. The first-order chi connectivity index (χ1) is 12.2. The molecule has 0 aliphatic carbocycles. The van der Waals surface area contributed by atoms with Crippen LogP contribution in [0.15, 0.2) is 35.5 Å². The topological polar surface area (TPSA) is 61.4 Å². The lowest BCUT2D eigenvalue weighted by Crippen LogP contribution is -2.38. The second-order valence-corrected chi connectivity index (χ2v) is 6.62. The number of fused-ring (bicyclic) bond motifs is 1. The van der Waals surface area contributed by atoms with Crippen LogP contribution in [0, 0.1) is 5.92 Å². The summed E-state index contributed by atoms with van der Waals surface area (Å²) in [6.07, 6.45) is 4.01. The van der Waals surface area contributed by atoms with Gasteiger partial charge in [-0.15, -0.1) is 0 Å². The number of aromatic nitrogens is 1. The molecule has 2 aromatic rings. The SMILES string of the molecule is CCNC(=NCCCOCC(C)C)NCCc1c[nH]c2ccccc12. The fourth-order valence-corrected chi connectivity index (χ4v) is 2.67. The Morgan fingerprint density at radius 2 is 2.08 bits per heavy atom. The van der Waals surface area contributed by atoms with Crippen LogP contribution in [0.2, 0.25) is 0 Å². The molecule has 5 nitrogen and oxygen atoms in total. The van der Waals surface area contributed by atoms with Crippen molar-refractivity contribution in [3.8, 4) is 0 Å². The highest BCUT2D eigenvalue weighted by molar-refractivity contribution is 5.83. The molecule has 1 aromatic heterocycles. The molecule has 0 aliphatic rings. The van der Waals surface area contributed by atoms with Crippen molar-refractivity contribution in [3.05, 3.63) is 36.0 Å². The molecule has 1 heterocycles. The molecule has 0 unspecified atom stereocenters. The fourth-order valence-electron chi connectivity index (χ4n) is 2.67. The van der Waals surface area contributed by atoms with Gasteiger partial charge < -0.3 is 20.4 Å². The summed E-state index contributed by atoms with van der Waals surface area (Å²) in [5.74, 6) is 1.47. The molecule has 0 atom stereocenters. The number of benzene rings is 1. The molecule has 1 aromatic carbocycles. The summed E-state index contributed by atoms with van der Waals surface area (Å²) >= 11 is 0. The van der Waals surface area contributed by atoms with Gasteiger partial charge in [-0.2, -0.15) is 0 Å². The first-order valence-electron chi connectivity index (χ1n) is 9.35. The summed E-state index contributed by atoms with van der Waals surface area (Å²) in [6.45, 7) is 10.5. The van der Waals surface area contributed by atoms with Crippen LogP contribution in [0.5, 0.6) is 0 Å². The third-order valence-electron chi connectivity index (χ3n) is 3.87. The van der Waals surface area contributed by atoms with E-state index in [0.29, 0.717) is 5.92 Å². The smallest absolute Gasteiger partial charge is 0.191 e. The van der Waals surface area contributed by atoms with Gasteiger partial charge >= 0.3 is 0 Å². The zero-order chi connectivity index (χ0) is 17.9. The number of rotatable bonds is 10. The molecule has 0 aliphatic heterocycles. The standard InChI is InChI=1S/C20H32N4O/c1-4-21-20(22-11-7-13-25-15-16(2)3)23-12-10-17-14-24-19-9-6-5-8-18(17)19/h5-6,8-9,14,16,24H,4,7,10-13,15H2,1-3H3,(H2,21,22,23). The van der Waals surface area contributed by atoms with Crippen molar-refractivity contribution in [2.75, 3.05) is 32.8 Å². The molecule has 25 heavy (non-hydrogen) atoms. The van der Waals surface area contributed by atoms with Crippen LogP contribution >= 0.6 is 0 Å². The Balaban J connectivity index is 1.74. The third kappa shape index (κ3) is 6.78. The van der Waals surface area contributed by atoms with Crippen LogP contribution in [-0.4, -0.2) is 43.8 Å². The van der Waals surface area contributed by atoms with Gasteiger partial charge in [0.15, 0.2) is 5.96 Å². The maximum atomic E-state index is 5.59. The summed E-state index contributed by atoms with van der Waals surface area (Å²) in [4.78, 5) is 7.94. The van der Waals surface area contributed by atoms with Crippen LogP contribution in [0.1, 0.15) is 32.8 Å². The molecule has 5 heteroatoms. The van der Waals surface area contributed by atoms with Crippen molar-refractivity contribution in [1.82, 2.24) is 15.6 Å². The van der Waals surface area contributed by atoms with Gasteiger partial charge in [0.1, 0.15) is 0 Å². The Kier molecular flexibility index (Phi) is 8.32. The van der Waals surface area contributed by atoms with Crippen molar-refractivity contribution in [3.63, 3.8) is 0 Å². The highest BCUT2D eigenvalue weighted by Gasteiger charge is 2.03. The Bertz CT molecular complexity index is 648. The van der Waals surface area contributed by atoms with Gasteiger partial charge in [-0.25, -0.2) is 0 Å². The molecule has 0 amide bonds. The normalized spacial score (nSPS) is 12.1. The number of hydrogen-bond acceptors (Lipinski definition) is 2. The van der Waals surface area contributed by atoms with E-state index in [2.05, 4.69) is 71.8 Å². The third-order valence-corrected chi connectivity index (χ3v) is 3.87. The van der Waals surface area contributed by atoms with Crippen LogP contribution in [0.25, 0.3) is 10.9 Å². The summed E-state index contributed by atoms with van der Waals surface area (Å²) in [6, 6.07) is 8.42. The van der Waals surface area contributed by atoms with Crippen molar-refractivity contribution < 1.29 is 4.74 Å². The molecule has 0 saturated carbocycles. The monoisotopic (exact) mass is 344 g/mol. The number of aromatic amines is 1. The number of para-hydroxylation sites is 1. The lowest BCUT2D eigenvalue weighted by atomic mass is 10.1. The maximum absolute atomic E-state index is 5.59. The first-order valence-corrected chi connectivity index (χ1v) is 9.35. The van der Waals surface area contributed by atoms with Gasteiger partial charge in [0.2, 0.25) is 0 Å². The van der Waals surface area contributed by atoms with Gasteiger partial charge in [-0.05, 0) is 37.3 Å². The van der Waals surface area contributed by atoms with E-state index in [1.54, 1.807) is 0 Å². The van der Waals surface area contributed by atoms with E-state index in [1.165, 1.54) is 16.5 Å². The number of nitrogens with one attached hydrogen (secondary N) is 3. The van der Waals surface area contributed by atoms with Crippen molar-refractivity contribution in [1.29, 1.82) is 0 Å². The van der Waals surface area contributed by atoms with Crippen molar-refractivity contribution in [2.45, 2.75) is 33.6 Å². The van der Waals surface area contributed by atoms with E-state index in [4.69, 9.17) is 4.74 Å². The van der Waals surface area contributed by atoms with Crippen molar-refractivity contribution in [2.24, 2.45) is 10.9 Å². The fraction of sp³-hybridized carbons (Fsp3) is 0.550. The largest absolute Gasteiger partial charge is 0.381 e. The Hall–Kier alpha value is -2.01. The predicted molar refractivity (Wildman–Crippen MR) is 106 cm³/mol. The molecular weight excluding hydrogens is 312 g/mol. The average Bonchev–Trinajstić information content (AvgIpc) is 3.01. The molecule has 0 fully saturated rings. The number of guanidine groups is 1.